The Balaban J connectivity index is 1.92. The number of carbonyl (C=O) groups excluding carboxylic acids is 1. The minimum Gasteiger partial charge on any atom is -0.450 e. The number of alkyl halides is 1. The topological polar surface area (TPSA) is 47.4 Å². The highest BCUT2D eigenvalue weighted by atomic mass is 35.5. The van der Waals surface area contributed by atoms with Gasteiger partial charge in [-0.2, -0.15) is 0 Å². The second-order valence-electron chi connectivity index (χ2n) is 4.34. The highest BCUT2D eigenvalue weighted by Crippen LogP contribution is 2.24. The van der Waals surface area contributed by atoms with Crippen LogP contribution in [-0.2, 0) is 10.6 Å². The Morgan fingerprint density at radius 2 is 2.28 bits per heavy atom. The summed E-state index contributed by atoms with van der Waals surface area (Å²) >= 11 is 5.87. The molecule has 6 heteroatoms. The molecule has 0 aromatic carbocycles. The van der Waals surface area contributed by atoms with E-state index in [-0.39, 0.29) is 6.09 Å². The summed E-state index contributed by atoms with van der Waals surface area (Å²) in [4.78, 5) is 17.5. The first kappa shape index (κ1) is 13.2. The number of aromatic nitrogens is 2. The summed E-state index contributed by atoms with van der Waals surface area (Å²) in [6.45, 7) is 3.70. The molecule has 1 amide bonds. The van der Waals surface area contributed by atoms with Gasteiger partial charge in [0.05, 0.1) is 24.5 Å². The molecule has 1 aromatic rings. The van der Waals surface area contributed by atoms with Crippen LogP contribution in [-0.4, -0.2) is 40.2 Å². The molecule has 1 saturated heterocycles. The minimum absolute atomic E-state index is 0.209. The number of hydrogen-bond donors (Lipinski definition) is 0. The largest absolute Gasteiger partial charge is 0.450 e. The number of hydrogen-bond acceptors (Lipinski definition) is 3. The van der Waals surface area contributed by atoms with Gasteiger partial charge < -0.3 is 14.2 Å². The van der Waals surface area contributed by atoms with Gasteiger partial charge in [0.25, 0.3) is 0 Å². The first-order valence-corrected chi connectivity index (χ1v) is 6.78. The quantitative estimate of drug-likeness (QED) is 0.793. The molecule has 18 heavy (non-hydrogen) atoms. The van der Waals surface area contributed by atoms with E-state index in [0.717, 1.165) is 31.6 Å². The molecule has 0 atom stereocenters. The summed E-state index contributed by atoms with van der Waals surface area (Å²) in [5.74, 6) is 0.470. The number of halogens is 1. The third-order valence-corrected chi connectivity index (χ3v) is 3.54. The third-order valence-electron chi connectivity index (χ3n) is 3.27. The van der Waals surface area contributed by atoms with Crippen molar-refractivity contribution in [3.63, 3.8) is 0 Å². The average Bonchev–Trinajstić information content (AvgIpc) is 2.87. The molecule has 2 rings (SSSR count). The van der Waals surface area contributed by atoms with Crippen molar-refractivity contribution in [3.05, 3.63) is 18.2 Å². The molecular formula is C12H18ClN3O2. The third kappa shape index (κ3) is 2.77. The van der Waals surface area contributed by atoms with Gasteiger partial charge in [0.15, 0.2) is 0 Å². The molecule has 1 aliphatic heterocycles. The fourth-order valence-corrected chi connectivity index (χ4v) is 2.51. The number of likely N-dealkylation sites (tertiary alicyclic amines) is 1. The lowest BCUT2D eigenvalue weighted by atomic mass is 10.1. The van der Waals surface area contributed by atoms with Crippen LogP contribution in [0.15, 0.2) is 12.5 Å². The average molecular weight is 272 g/mol. The van der Waals surface area contributed by atoms with Crippen LogP contribution in [0.3, 0.4) is 0 Å². The molecule has 2 heterocycles. The summed E-state index contributed by atoms with van der Waals surface area (Å²) in [7, 11) is 0. The van der Waals surface area contributed by atoms with Crippen LogP contribution < -0.4 is 0 Å². The Bertz CT molecular complexity index is 400. The van der Waals surface area contributed by atoms with Crippen LogP contribution in [0.5, 0.6) is 0 Å². The van der Waals surface area contributed by atoms with E-state index in [1.54, 1.807) is 11.1 Å². The molecule has 0 bridgehead atoms. The molecule has 0 aliphatic carbocycles. The van der Waals surface area contributed by atoms with E-state index in [0.29, 0.717) is 18.5 Å². The first-order valence-electron chi connectivity index (χ1n) is 6.24. The van der Waals surface area contributed by atoms with Gasteiger partial charge in [0, 0.05) is 25.3 Å². The Morgan fingerprint density at radius 1 is 1.56 bits per heavy atom. The van der Waals surface area contributed by atoms with Crippen molar-refractivity contribution < 1.29 is 9.53 Å². The molecule has 0 N–H and O–H groups in total. The summed E-state index contributed by atoms with van der Waals surface area (Å²) < 4.78 is 7.12. The van der Waals surface area contributed by atoms with Gasteiger partial charge in [-0.15, -0.1) is 11.6 Å². The van der Waals surface area contributed by atoms with Crippen molar-refractivity contribution in [1.29, 1.82) is 0 Å². The van der Waals surface area contributed by atoms with Gasteiger partial charge in [-0.05, 0) is 19.8 Å². The van der Waals surface area contributed by atoms with E-state index < -0.39 is 0 Å². The zero-order chi connectivity index (χ0) is 13.0. The van der Waals surface area contributed by atoms with E-state index in [4.69, 9.17) is 16.3 Å². The molecular weight excluding hydrogens is 254 g/mol. The lowest BCUT2D eigenvalue weighted by Crippen LogP contribution is -2.39. The van der Waals surface area contributed by atoms with Gasteiger partial charge in [-0.1, -0.05) is 0 Å². The highest BCUT2D eigenvalue weighted by molar-refractivity contribution is 6.16. The molecule has 0 spiro atoms. The van der Waals surface area contributed by atoms with Gasteiger partial charge in [-0.3, -0.25) is 0 Å². The molecule has 0 unspecified atom stereocenters. The Kier molecular flexibility index (Phi) is 4.47. The standard InChI is InChI=1S/C12H18ClN3O2/c1-2-18-12(17)15-5-3-10(4-6-15)16-9-14-8-11(16)7-13/h8-10H,2-7H2,1H3. The van der Waals surface area contributed by atoms with Crippen molar-refractivity contribution in [2.24, 2.45) is 0 Å². The lowest BCUT2D eigenvalue weighted by molar-refractivity contribution is 0.0925. The van der Waals surface area contributed by atoms with Crippen molar-refractivity contribution in [2.75, 3.05) is 19.7 Å². The normalized spacial score (nSPS) is 16.9. The summed E-state index contributed by atoms with van der Waals surface area (Å²) in [5.41, 5.74) is 1.03. The zero-order valence-corrected chi connectivity index (χ0v) is 11.3. The van der Waals surface area contributed by atoms with E-state index in [1.807, 2.05) is 13.3 Å². The maximum absolute atomic E-state index is 11.6. The second kappa shape index (κ2) is 6.09. The zero-order valence-electron chi connectivity index (χ0n) is 10.5. The number of carbonyl (C=O) groups is 1. The Morgan fingerprint density at radius 3 is 2.89 bits per heavy atom. The molecule has 100 valence electrons. The molecule has 1 aliphatic rings. The van der Waals surface area contributed by atoms with Crippen LogP contribution in [0, 0.1) is 0 Å². The second-order valence-corrected chi connectivity index (χ2v) is 4.61. The predicted octanol–water partition coefficient (Wildman–Crippen LogP) is 2.42. The van der Waals surface area contributed by atoms with E-state index in [1.165, 1.54) is 0 Å². The SMILES string of the molecule is CCOC(=O)N1CCC(n2cncc2CCl)CC1. The number of piperidine rings is 1. The van der Waals surface area contributed by atoms with Gasteiger partial charge >= 0.3 is 6.09 Å². The highest BCUT2D eigenvalue weighted by Gasteiger charge is 2.25. The number of amides is 1. The van der Waals surface area contributed by atoms with E-state index in [9.17, 15) is 4.79 Å². The van der Waals surface area contributed by atoms with Crippen molar-refractivity contribution in [2.45, 2.75) is 31.7 Å². The number of nitrogens with zero attached hydrogens (tertiary/aromatic N) is 3. The molecule has 1 fully saturated rings. The monoisotopic (exact) mass is 271 g/mol. The summed E-state index contributed by atoms with van der Waals surface area (Å²) in [6.07, 6.45) is 5.24. The fraction of sp³-hybridized carbons (Fsp3) is 0.667. The molecule has 1 aromatic heterocycles. The predicted molar refractivity (Wildman–Crippen MR) is 68.7 cm³/mol. The van der Waals surface area contributed by atoms with Crippen molar-refractivity contribution >= 4 is 17.7 Å². The van der Waals surface area contributed by atoms with Gasteiger partial charge in [0.1, 0.15) is 0 Å². The molecule has 5 nitrogen and oxygen atoms in total. The van der Waals surface area contributed by atoms with Gasteiger partial charge in [0.2, 0.25) is 0 Å². The van der Waals surface area contributed by atoms with Crippen LogP contribution >= 0.6 is 11.6 Å². The smallest absolute Gasteiger partial charge is 0.409 e. The minimum atomic E-state index is -0.209. The Hall–Kier alpha value is -1.23. The number of imidazole rings is 1. The van der Waals surface area contributed by atoms with E-state index >= 15 is 0 Å². The summed E-state index contributed by atoms with van der Waals surface area (Å²) in [5, 5.41) is 0. The van der Waals surface area contributed by atoms with Crippen LogP contribution in [0.4, 0.5) is 4.79 Å². The maximum Gasteiger partial charge on any atom is 0.409 e. The molecule has 0 radical (unpaired) electrons. The van der Waals surface area contributed by atoms with Crippen molar-refractivity contribution in [1.82, 2.24) is 14.5 Å². The maximum atomic E-state index is 11.6. The van der Waals surface area contributed by atoms with Crippen LogP contribution in [0.25, 0.3) is 0 Å². The number of ether oxygens (including phenoxy) is 1. The van der Waals surface area contributed by atoms with Gasteiger partial charge in [-0.25, -0.2) is 9.78 Å². The number of rotatable bonds is 3. The van der Waals surface area contributed by atoms with Crippen molar-refractivity contribution in [3.8, 4) is 0 Å². The fourth-order valence-electron chi connectivity index (χ4n) is 2.31. The first-order chi connectivity index (χ1) is 8.76. The summed E-state index contributed by atoms with van der Waals surface area (Å²) in [6, 6.07) is 0.381. The Labute approximate surface area is 112 Å². The molecule has 0 saturated carbocycles. The van der Waals surface area contributed by atoms with E-state index in [2.05, 4.69) is 9.55 Å². The van der Waals surface area contributed by atoms with Crippen LogP contribution in [0.2, 0.25) is 0 Å². The van der Waals surface area contributed by atoms with Crippen LogP contribution in [0.1, 0.15) is 31.5 Å². The lowest BCUT2D eigenvalue weighted by Gasteiger charge is -2.32.